The molecule has 2 aliphatic rings. The molecule has 1 aliphatic heterocycles. The standard InChI is InChI=1S/C19H23N7/c1-13-8-17-19(20-6-7-26(17)24-13)21-10-14-11-25(12-14)18-9-15-4-2-3-5-16(15)22-23-18/h6-9,14H,2-5,10-12H2,1H3,(H,20,21). The van der Waals surface area contributed by atoms with E-state index in [0.29, 0.717) is 5.92 Å². The van der Waals surface area contributed by atoms with Gasteiger partial charge in [0.25, 0.3) is 0 Å². The van der Waals surface area contributed by atoms with Gasteiger partial charge in [-0.1, -0.05) is 0 Å². The van der Waals surface area contributed by atoms with E-state index in [-0.39, 0.29) is 0 Å². The molecule has 26 heavy (non-hydrogen) atoms. The predicted octanol–water partition coefficient (Wildman–Crippen LogP) is 2.25. The fourth-order valence-electron chi connectivity index (χ4n) is 3.94. The van der Waals surface area contributed by atoms with Crippen LogP contribution in [0.1, 0.15) is 29.8 Å². The first-order chi connectivity index (χ1) is 12.8. The smallest absolute Gasteiger partial charge is 0.152 e. The van der Waals surface area contributed by atoms with Gasteiger partial charge in [-0.15, -0.1) is 5.10 Å². The van der Waals surface area contributed by atoms with Crippen LogP contribution in [-0.2, 0) is 12.8 Å². The third kappa shape index (κ3) is 2.77. The highest BCUT2D eigenvalue weighted by molar-refractivity contribution is 5.67. The van der Waals surface area contributed by atoms with Crippen molar-refractivity contribution in [2.45, 2.75) is 32.6 Å². The molecule has 7 nitrogen and oxygen atoms in total. The SMILES string of the molecule is Cc1cc2c(NCC3CN(c4cc5c(nn4)CCCC5)C3)nccn2n1. The first kappa shape index (κ1) is 15.5. The van der Waals surface area contributed by atoms with Crippen molar-refractivity contribution in [1.29, 1.82) is 0 Å². The van der Waals surface area contributed by atoms with Gasteiger partial charge in [-0.05, 0) is 50.3 Å². The molecule has 7 heteroatoms. The Morgan fingerprint density at radius 1 is 1.15 bits per heavy atom. The Morgan fingerprint density at radius 2 is 2.04 bits per heavy atom. The molecule has 3 aromatic heterocycles. The molecule has 1 fully saturated rings. The molecule has 0 amide bonds. The van der Waals surface area contributed by atoms with Gasteiger partial charge in [0.1, 0.15) is 5.52 Å². The van der Waals surface area contributed by atoms with E-state index in [1.165, 1.54) is 24.1 Å². The Kier molecular flexibility index (Phi) is 3.72. The van der Waals surface area contributed by atoms with E-state index in [1.807, 2.05) is 17.6 Å². The summed E-state index contributed by atoms with van der Waals surface area (Å²) in [5.74, 6) is 2.53. The van der Waals surface area contributed by atoms with Crippen LogP contribution >= 0.6 is 0 Å². The van der Waals surface area contributed by atoms with Gasteiger partial charge >= 0.3 is 0 Å². The topological polar surface area (TPSA) is 71.2 Å². The van der Waals surface area contributed by atoms with E-state index < -0.39 is 0 Å². The zero-order chi connectivity index (χ0) is 17.5. The van der Waals surface area contributed by atoms with Crippen LogP contribution in [0.15, 0.2) is 24.5 Å². The number of nitrogens with one attached hydrogen (secondary N) is 1. The van der Waals surface area contributed by atoms with Crippen molar-refractivity contribution in [1.82, 2.24) is 24.8 Å². The van der Waals surface area contributed by atoms with E-state index in [0.717, 1.165) is 55.3 Å². The zero-order valence-corrected chi connectivity index (χ0v) is 15.0. The van der Waals surface area contributed by atoms with Crippen LogP contribution in [0.3, 0.4) is 0 Å². The molecular formula is C19H23N7. The minimum atomic E-state index is 0.596. The summed E-state index contributed by atoms with van der Waals surface area (Å²) in [5, 5.41) is 16.8. The van der Waals surface area contributed by atoms with E-state index in [4.69, 9.17) is 0 Å². The molecule has 0 radical (unpaired) electrons. The molecule has 1 aliphatic carbocycles. The lowest BCUT2D eigenvalue weighted by Gasteiger charge is -2.40. The van der Waals surface area contributed by atoms with Crippen LogP contribution in [0, 0.1) is 12.8 Å². The van der Waals surface area contributed by atoms with Crippen molar-refractivity contribution in [3.05, 3.63) is 41.5 Å². The minimum Gasteiger partial charge on any atom is -0.368 e. The highest BCUT2D eigenvalue weighted by Gasteiger charge is 2.28. The maximum absolute atomic E-state index is 4.47. The fraction of sp³-hybridized carbons (Fsp3) is 0.474. The third-order valence-electron chi connectivity index (χ3n) is 5.41. The number of anilines is 2. The highest BCUT2D eigenvalue weighted by atomic mass is 15.3. The van der Waals surface area contributed by atoms with Crippen molar-refractivity contribution in [3.63, 3.8) is 0 Å². The number of fused-ring (bicyclic) bond motifs is 2. The Bertz CT molecular complexity index is 942. The van der Waals surface area contributed by atoms with E-state index in [2.05, 4.69) is 42.6 Å². The molecule has 0 spiro atoms. The molecule has 0 aromatic carbocycles. The second-order valence-electron chi connectivity index (χ2n) is 7.42. The Labute approximate surface area is 152 Å². The summed E-state index contributed by atoms with van der Waals surface area (Å²) in [5.41, 5.74) is 4.63. The van der Waals surface area contributed by atoms with Crippen LogP contribution in [0.5, 0.6) is 0 Å². The van der Waals surface area contributed by atoms with Crippen LogP contribution in [-0.4, -0.2) is 44.4 Å². The Hall–Kier alpha value is -2.70. The maximum atomic E-state index is 4.47. The van der Waals surface area contributed by atoms with E-state index >= 15 is 0 Å². The number of hydrogen-bond acceptors (Lipinski definition) is 6. The van der Waals surface area contributed by atoms with Gasteiger partial charge in [0, 0.05) is 37.9 Å². The fourth-order valence-corrected chi connectivity index (χ4v) is 3.94. The number of nitrogens with zero attached hydrogens (tertiary/aromatic N) is 6. The monoisotopic (exact) mass is 349 g/mol. The lowest BCUT2D eigenvalue weighted by Crippen LogP contribution is -2.50. The summed E-state index contributed by atoms with van der Waals surface area (Å²) in [6.07, 6.45) is 8.43. The lowest BCUT2D eigenvalue weighted by atomic mass is 9.95. The molecule has 3 aromatic rings. The van der Waals surface area contributed by atoms with Crippen molar-refractivity contribution in [3.8, 4) is 0 Å². The summed E-state index contributed by atoms with van der Waals surface area (Å²) in [7, 11) is 0. The molecule has 4 heterocycles. The lowest BCUT2D eigenvalue weighted by molar-refractivity contribution is 0.424. The average Bonchev–Trinajstić information content (AvgIpc) is 3.01. The molecule has 134 valence electrons. The summed E-state index contributed by atoms with van der Waals surface area (Å²) in [6.45, 7) is 4.94. The van der Waals surface area contributed by atoms with Crippen LogP contribution < -0.4 is 10.2 Å². The normalized spacial score (nSPS) is 17.2. The van der Waals surface area contributed by atoms with Crippen LogP contribution in [0.2, 0.25) is 0 Å². The van der Waals surface area contributed by atoms with Crippen LogP contribution in [0.4, 0.5) is 11.6 Å². The van der Waals surface area contributed by atoms with Gasteiger partial charge in [-0.2, -0.15) is 10.2 Å². The molecular weight excluding hydrogens is 326 g/mol. The molecule has 0 unspecified atom stereocenters. The van der Waals surface area contributed by atoms with Crippen molar-refractivity contribution < 1.29 is 0 Å². The second kappa shape index (κ2) is 6.23. The number of hydrogen-bond donors (Lipinski definition) is 1. The van der Waals surface area contributed by atoms with Gasteiger partial charge < -0.3 is 10.2 Å². The molecule has 5 rings (SSSR count). The van der Waals surface area contributed by atoms with Gasteiger partial charge in [-0.3, -0.25) is 0 Å². The van der Waals surface area contributed by atoms with Crippen molar-refractivity contribution >= 4 is 17.2 Å². The number of aromatic nitrogens is 5. The van der Waals surface area contributed by atoms with Gasteiger partial charge in [0.15, 0.2) is 11.6 Å². The first-order valence-electron chi connectivity index (χ1n) is 9.41. The van der Waals surface area contributed by atoms with Gasteiger partial charge in [0.2, 0.25) is 0 Å². The van der Waals surface area contributed by atoms with Crippen LogP contribution in [0.25, 0.3) is 5.52 Å². The summed E-state index contributed by atoms with van der Waals surface area (Å²) in [6, 6.07) is 4.31. The molecule has 1 N–H and O–H groups in total. The zero-order valence-electron chi connectivity index (χ0n) is 15.0. The largest absolute Gasteiger partial charge is 0.368 e. The Balaban J connectivity index is 1.21. The highest BCUT2D eigenvalue weighted by Crippen LogP contribution is 2.27. The first-order valence-corrected chi connectivity index (χ1v) is 9.41. The molecule has 1 saturated heterocycles. The van der Waals surface area contributed by atoms with E-state index in [9.17, 15) is 0 Å². The Morgan fingerprint density at radius 3 is 2.96 bits per heavy atom. The average molecular weight is 349 g/mol. The predicted molar refractivity (Wildman–Crippen MR) is 101 cm³/mol. The number of aryl methyl sites for hydroxylation is 3. The minimum absolute atomic E-state index is 0.596. The second-order valence-corrected chi connectivity index (χ2v) is 7.42. The summed E-state index contributed by atoms with van der Waals surface area (Å²) in [4.78, 5) is 6.79. The quantitative estimate of drug-likeness (QED) is 0.779. The molecule has 0 bridgehead atoms. The molecule has 0 saturated carbocycles. The maximum Gasteiger partial charge on any atom is 0.152 e. The van der Waals surface area contributed by atoms with Gasteiger partial charge in [-0.25, -0.2) is 9.50 Å². The summed E-state index contributed by atoms with van der Waals surface area (Å²) >= 11 is 0. The summed E-state index contributed by atoms with van der Waals surface area (Å²) < 4.78 is 1.88. The third-order valence-corrected chi connectivity index (χ3v) is 5.41. The van der Waals surface area contributed by atoms with Crippen molar-refractivity contribution in [2.75, 3.05) is 29.9 Å². The van der Waals surface area contributed by atoms with E-state index in [1.54, 1.807) is 6.20 Å². The van der Waals surface area contributed by atoms with Gasteiger partial charge in [0.05, 0.1) is 11.4 Å². The molecule has 0 atom stereocenters. The number of rotatable bonds is 4. The van der Waals surface area contributed by atoms with Crippen molar-refractivity contribution in [2.24, 2.45) is 5.92 Å².